The number of ketones is 1. The fourth-order valence-corrected chi connectivity index (χ4v) is 2.30. The predicted octanol–water partition coefficient (Wildman–Crippen LogP) is 3.86. The van der Waals surface area contributed by atoms with Crippen molar-refractivity contribution in [1.82, 2.24) is 0 Å². The van der Waals surface area contributed by atoms with E-state index in [1.807, 2.05) is 45.9 Å². The van der Waals surface area contributed by atoms with Gasteiger partial charge >= 0.3 is 0 Å². The summed E-state index contributed by atoms with van der Waals surface area (Å²) in [6.07, 6.45) is 0. The summed E-state index contributed by atoms with van der Waals surface area (Å²) in [5.74, 6) is -0.0174. The van der Waals surface area contributed by atoms with Gasteiger partial charge in [0.2, 0.25) is 0 Å². The van der Waals surface area contributed by atoms with E-state index in [0.717, 1.165) is 22.3 Å². The number of aromatic hydroxyl groups is 1. The van der Waals surface area contributed by atoms with Crippen LogP contribution in [0.15, 0.2) is 30.3 Å². The highest BCUT2D eigenvalue weighted by molar-refractivity contribution is 6.12. The van der Waals surface area contributed by atoms with Crippen LogP contribution in [0.2, 0.25) is 0 Å². The van der Waals surface area contributed by atoms with Gasteiger partial charge in [-0.05, 0) is 49.9 Å². The Morgan fingerprint density at radius 1 is 0.842 bits per heavy atom. The minimum absolute atomic E-state index is 0.106. The Balaban J connectivity index is 2.67. The summed E-state index contributed by atoms with van der Waals surface area (Å²) in [6, 6.07) is 9.06. The van der Waals surface area contributed by atoms with Gasteiger partial charge in [-0.1, -0.05) is 30.3 Å². The average molecular weight is 254 g/mol. The van der Waals surface area contributed by atoms with Crippen molar-refractivity contribution in [2.24, 2.45) is 0 Å². The SMILES string of the molecule is Cc1c(C)c(C)c(C(=O)c2ccccc2)c(O)c1C. The number of benzene rings is 2. The van der Waals surface area contributed by atoms with E-state index < -0.39 is 0 Å². The molecule has 2 nitrogen and oxygen atoms in total. The summed E-state index contributed by atoms with van der Waals surface area (Å²) in [4.78, 5) is 12.5. The Morgan fingerprint density at radius 3 is 1.95 bits per heavy atom. The molecule has 0 fully saturated rings. The first-order valence-electron chi connectivity index (χ1n) is 6.34. The molecule has 0 bridgehead atoms. The standard InChI is InChI=1S/C17H18O2/c1-10-11(2)13(4)16(18)15(12(10)3)17(19)14-8-6-5-7-9-14/h5-9,18H,1-4H3. The maximum absolute atomic E-state index is 12.5. The van der Waals surface area contributed by atoms with Crippen LogP contribution in [-0.2, 0) is 0 Å². The Morgan fingerprint density at radius 2 is 1.37 bits per heavy atom. The van der Waals surface area contributed by atoms with Gasteiger partial charge in [0.25, 0.3) is 0 Å². The maximum atomic E-state index is 12.5. The predicted molar refractivity (Wildman–Crippen MR) is 76.9 cm³/mol. The van der Waals surface area contributed by atoms with E-state index in [9.17, 15) is 9.90 Å². The highest BCUT2D eigenvalue weighted by Crippen LogP contribution is 2.33. The molecular formula is C17H18O2. The molecule has 0 aromatic heterocycles. The lowest BCUT2D eigenvalue weighted by molar-refractivity contribution is 0.103. The first kappa shape index (κ1) is 13.3. The molecule has 2 heteroatoms. The van der Waals surface area contributed by atoms with Crippen LogP contribution in [0.25, 0.3) is 0 Å². The number of carbonyl (C=O) groups is 1. The maximum Gasteiger partial charge on any atom is 0.197 e. The summed E-state index contributed by atoms with van der Waals surface area (Å²) in [5.41, 5.74) is 4.77. The molecule has 0 aliphatic carbocycles. The molecule has 1 N–H and O–H groups in total. The van der Waals surface area contributed by atoms with E-state index in [0.29, 0.717) is 11.1 Å². The van der Waals surface area contributed by atoms with Crippen LogP contribution in [0.3, 0.4) is 0 Å². The minimum atomic E-state index is -0.123. The Hall–Kier alpha value is -2.09. The second kappa shape index (κ2) is 4.88. The van der Waals surface area contributed by atoms with E-state index in [1.54, 1.807) is 12.1 Å². The van der Waals surface area contributed by atoms with Gasteiger partial charge in [0.05, 0.1) is 5.56 Å². The summed E-state index contributed by atoms with van der Waals surface area (Å²) >= 11 is 0. The van der Waals surface area contributed by atoms with Crippen molar-refractivity contribution in [1.29, 1.82) is 0 Å². The van der Waals surface area contributed by atoms with Gasteiger partial charge in [0, 0.05) is 5.56 Å². The molecule has 19 heavy (non-hydrogen) atoms. The molecule has 0 aliphatic heterocycles. The molecule has 0 atom stereocenters. The van der Waals surface area contributed by atoms with Crippen LogP contribution >= 0.6 is 0 Å². The van der Waals surface area contributed by atoms with Gasteiger partial charge in [-0.2, -0.15) is 0 Å². The molecule has 0 saturated heterocycles. The zero-order chi connectivity index (χ0) is 14.2. The number of carbonyl (C=O) groups excluding carboxylic acids is 1. The van der Waals surface area contributed by atoms with E-state index in [4.69, 9.17) is 0 Å². The number of rotatable bonds is 2. The molecule has 0 saturated carbocycles. The van der Waals surface area contributed by atoms with Crippen LogP contribution in [0.4, 0.5) is 0 Å². The Labute approximate surface area is 113 Å². The van der Waals surface area contributed by atoms with Crippen molar-refractivity contribution in [2.45, 2.75) is 27.7 Å². The summed E-state index contributed by atoms with van der Waals surface area (Å²) in [7, 11) is 0. The lowest BCUT2D eigenvalue weighted by atomic mass is 9.89. The topological polar surface area (TPSA) is 37.3 Å². The first-order valence-corrected chi connectivity index (χ1v) is 6.34. The van der Waals surface area contributed by atoms with Crippen molar-refractivity contribution < 1.29 is 9.90 Å². The molecule has 2 aromatic rings. The lowest BCUT2D eigenvalue weighted by Crippen LogP contribution is -2.08. The van der Waals surface area contributed by atoms with Crippen molar-refractivity contribution in [2.75, 3.05) is 0 Å². The Kier molecular flexibility index (Phi) is 3.43. The quantitative estimate of drug-likeness (QED) is 0.826. The van der Waals surface area contributed by atoms with Crippen molar-refractivity contribution in [3.8, 4) is 5.75 Å². The highest BCUT2D eigenvalue weighted by atomic mass is 16.3. The molecule has 0 spiro atoms. The van der Waals surface area contributed by atoms with Gasteiger partial charge in [-0.15, -0.1) is 0 Å². The molecule has 98 valence electrons. The Bertz CT molecular complexity index is 611. The second-order valence-corrected chi connectivity index (χ2v) is 4.92. The number of phenolic OH excluding ortho intramolecular Hbond substituents is 1. The van der Waals surface area contributed by atoms with Gasteiger partial charge in [0.15, 0.2) is 5.78 Å². The smallest absolute Gasteiger partial charge is 0.197 e. The van der Waals surface area contributed by atoms with Gasteiger partial charge in [0.1, 0.15) is 5.75 Å². The summed E-state index contributed by atoms with van der Waals surface area (Å²) in [6.45, 7) is 7.68. The van der Waals surface area contributed by atoms with Crippen LogP contribution < -0.4 is 0 Å². The van der Waals surface area contributed by atoms with Crippen molar-refractivity contribution >= 4 is 5.78 Å². The fraction of sp³-hybridized carbons (Fsp3) is 0.235. The lowest BCUT2D eigenvalue weighted by Gasteiger charge is -2.16. The van der Waals surface area contributed by atoms with Gasteiger partial charge in [-0.25, -0.2) is 0 Å². The number of hydrogen-bond donors (Lipinski definition) is 1. The zero-order valence-electron chi connectivity index (χ0n) is 11.7. The van der Waals surface area contributed by atoms with Gasteiger partial charge in [-0.3, -0.25) is 4.79 Å². The van der Waals surface area contributed by atoms with E-state index >= 15 is 0 Å². The average Bonchev–Trinajstić information content (AvgIpc) is 2.44. The normalized spacial score (nSPS) is 10.5. The highest BCUT2D eigenvalue weighted by Gasteiger charge is 2.21. The third-order valence-electron chi connectivity index (χ3n) is 3.92. The largest absolute Gasteiger partial charge is 0.507 e. The summed E-state index contributed by atoms with van der Waals surface area (Å²) < 4.78 is 0. The third-order valence-corrected chi connectivity index (χ3v) is 3.92. The molecule has 2 aromatic carbocycles. The van der Waals surface area contributed by atoms with E-state index in [1.165, 1.54) is 0 Å². The molecule has 0 unspecified atom stereocenters. The van der Waals surface area contributed by atoms with Crippen molar-refractivity contribution in [3.63, 3.8) is 0 Å². The van der Waals surface area contributed by atoms with Gasteiger partial charge < -0.3 is 5.11 Å². The van der Waals surface area contributed by atoms with E-state index in [2.05, 4.69) is 0 Å². The molecule has 0 amide bonds. The van der Waals surface area contributed by atoms with Crippen molar-refractivity contribution in [3.05, 3.63) is 63.7 Å². The number of hydrogen-bond acceptors (Lipinski definition) is 2. The third kappa shape index (κ3) is 2.14. The van der Waals surface area contributed by atoms with Crippen LogP contribution in [0.1, 0.15) is 38.2 Å². The molecule has 2 rings (SSSR count). The number of phenols is 1. The minimum Gasteiger partial charge on any atom is -0.507 e. The van der Waals surface area contributed by atoms with E-state index in [-0.39, 0.29) is 11.5 Å². The summed E-state index contributed by atoms with van der Waals surface area (Å²) in [5, 5.41) is 10.3. The monoisotopic (exact) mass is 254 g/mol. The molecule has 0 aliphatic rings. The molecule has 0 radical (unpaired) electrons. The zero-order valence-corrected chi connectivity index (χ0v) is 11.7. The molecular weight excluding hydrogens is 236 g/mol. The van der Waals surface area contributed by atoms with Crippen LogP contribution in [0, 0.1) is 27.7 Å². The van der Waals surface area contributed by atoms with Crippen LogP contribution in [0.5, 0.6) is 5.75 Å². The molecule has 0 heterocycles. The fourth-order valence-electron chi connectivity index (χ4n) is 2.30. The first-order chi connectivity index (χ1) is 8.95. The van der Waals surface area contributed by atoms with Crippen LogP contribution in [-0.4, -0.2) is 10.9 Å². The second-order valence-electron chi connectivity index (χ2n) is 4.92.